The van der Waals surface area contributed by atoms with Crippen molar-refractivity contribution in [3.8, 4) is 5.75 Å². The highest BCUT2D eigenvalue weighted by atomic mass is 19.4. The maximum atomic E-state index is 12.4. The first-order chi connectivity index (χ1) is 12.2. The summed E-state index contributed by atoms with van der Waals surface area (Å²) in [6.07, 6.45) is -3.56. The Balaban J connectivity index is 2.01. The van der Waals surface area contributed by atoms with Crippen molar-refractivity contribution in [2.45, 2.75) is 19.7 Å². The zero-order valence-electron chi connectivity index (χ0n) is 13.3. The standard InChI is InChI=1S/C15H12F3N5O3/c1-7-9(12(19)23-14(22-7)20-6-21-23)4-8-2-3-11(26-15(16,17)18)10(5-8)13(24)25/h2-3,5-6H,4,19H2,1H3,(H,24,25). The second kappa shape index (κ2) is 6.17. The number of alkyl halides is 3. The third-order valence-corrected chi connectivity index (χ3v) is 3.65. The molecule has 0 fully saturated rings. The molecule has 0 amide bonds. The third kappa shape index (κ3) is 3.36. The number of hydrogen-bond donors (Lipinski definition) is 2. The molecule has 0 atom stereocenters. The van der Waals surface area contributed by atoms with Crippen molar-refractivity contribution in [3.63, 3.8) is 0 Å². The molecule has 0 unspecified atom stereocenters. The summed E-state index contributed by atoms with van der Waals surface area (Å²) in [5.41, 5.74) is 6.98. The number of nitrogens with two attached hydrogens (primary N) is 1. The number of benzene rings is 1. The lowest BCUT2D eigenvalue weighted by Crippen LogP contribution is -2.19. The summed E-state index contributed by atoms with van der Waals surface area (Å²) in [5.74, 6) is -1.76. The van der Waals surface area contributed by atoms with Gasteiger partial charge in [0, 0.05) is 17.7 Å². The fraction of sp³-hybridized carbons (Fsp3) is 0.200. The van der Waals surface area contributed by atoms with Crippen LogP contribution in [0.1, 0.15) is 27.2 Å². The van der Waals surface area contributed by atoms with Gasteiger partial charge in [-0.15, -0.1) is 13.2 Å². The highest BCUT2D eigenvalue weighted by Gasteiger charge is 2.33. The van der Waals surface area contributed by atoms with Crippen molar-refractivity contribution >= 4 is 17.6 Å². The van der Waals surface area contributed by atoms with Crippen LogP contribution in [0.3, 0.4) is 0 Å². The summed E-state index contributed by atoms with van der Waals surface area (Å²) < 4.78 is 42.3. The number of halogens is 3. The van der Waals surface area contributed by atoms with E-state index in [1.807, 2.05) is 0 Å². The van der Waals surface area contributed by atoms with Crippen molar-refractivity contribution < 1.29 is 27.8 Å². The van der Waals surface area contributed by atoms with E-state index in [1.165, 1.54) is 16.9 Å². The molecule has 26 heavy (non-hydrogen) atoms. The highest BCUT2D eigenvalue weighted by molar-refractivity contribution is 5.91. The summed E-state index contributed by atoms with van der Waals surface area (Å²) in [7, 11) is 0. The van der Waals surface area contributed by atoms with Gasteiger partial charge in [0.25, 0.3) is 5.78 Å². The minimum absolute atomic E-state index is 0.146. The summed E-state index contributed by atoms with van der Waals surface area (Å²) >= 11 is 0. The van der Waals surface area contributed by atoms with Gasteiger partial charge in [-0.25, -0.2) is 9.78 Å². The maximum Gasteiger partial charge on any atom is 0.573 e. The van der Waals surface area contributed by atoms with Gasteiger partial charge in [-0.3, -0.25) is 0 Å². The summed E-state index contributed by atoms with van der Waals surface area (Å²) in [6.45, 7) is 1.69. The SMILES string of the molecule is Cc1nc2ncnn2c(N)c1Cc1ccc(OC(F)(F)F)c(C(=O)O)c1. The van der Waals surface area contributed by atoms with E-state index in [2.05, 4.69) is 19.8 Å². The molecule has 0 aliphatic carbocycles. The van der Waals surface area contributed by atoms with Crippen LogP contribution in [0.5, 0.6) is 5.75 Å². The Hall–Kier alpha value is -3.37. The number of hydrogen-bond acceptors (Lipinski definition) is 6. The van der Waals surface area contributed by atoms with Gasteiger partial charge in [-0.2, -0.15) is 14.6 Å². The van der Waals surface area contributed by atoms with Gasteiger partial charge < -0.3 is 15.6 Å². The molecule has 0 saturated carbocycles. The second-order valence-corrected chi connectivity index (χ2v) is 5.39. The number of aromatic carboxylic acids is 1. The summed E-state index contributed by atoms with van der Waals surface area (Å²) in [6, 6.07) is 3.39. The molecule has 0 aliphatic heterocycles. The Morgan fingerprint density at radius 1 is 1.38 bits per heavy atom. The van der Waals surface area contributed by atoms with Gasteiger partial charge in [0.15, 0.2) is 0 Å². The van der Waals surface area contributed by atoms with Crippen LogP contribution in [0.2, 0.25) is 0 Å². The van der Waals surface area contributed by atoms with E-state index in [0.29, 0.717) is 22.6 Å². The maximum absolute atomic E-state index is 12.4. The van der Waals surface area contributed by atoms with Crippen molar-refractivity contribution in [3.05, 3.63) is 46.9 Å². The van der Waals surface area contributed by atoms with Crippen molar-refractivity contribution in [2.24, 2.45) is 0 Å². The average Bonchev–Trinajstić information content (AvgIpc) is 2.99. The summed E-state index contributed by atoms with van der Waals surface area (Å²) in [5, 5.41) is 13.1. The molecular formula is C15H12F3N5O3. The first-order valence-corrected chi connectivity index (χ1v) is 7.22. The number of rotatable bonds is 4. The molecule has 3 rings (SSSR count). The fourth-order valence-corrected chi connectivity index (χ4v) is 2.50. The van der Waals surface area contributed by atoms with Crippen molar-refractivity contribution in [1.82, 2.24) is 19.6 Å². The molecule has 3 aromatic rings. The Kier molecular flexibility index (Phi) is 4.14. The molecule has 2 aromatic heterocycles. The van der Waals surface area contributed by atoms with Gasteiger partial charge in [0.1, 0.15) is 23.5 Å². The zero-order chi connectivity index (χ0) is 19.1. The molecule has 0 bridgehead atoms. The number of fused-ring (bicyclic) bond motifs is 1. The minimum Gasteiger partial charge on any atom is -0.478 e. The van der Waals surface area contributed by atoms with E-state index in [0.717, 1.165) is 12.1 Å². The van der Waals surface area contributed by atoms with Crippen LogP contribution < -0.4 is 10.5 Å². The Labute approximate surface area is 144 Å². The van der Waals surface area contributed by atoms with Gasteiger partial charge >= 0.3 is 12.3 Å². The fourth-order valence-electron chi connectivity index (χ4n) is 2.50. The average molecular weight is 367 g/mol. The van der Waals surface area contributed by atoms with Crippen LogP contribution in [-0.2, 0) is 6.42 Å². The predicted octanol–water partition coefficient (Wildman–Crippen LogP) is 2.20. The van der Waals surface area contributed by atoms with Crippen molar-refractivity contribution in [2.75, 3.05) is 5.73 Å². The third-order valence-electron chi connectivity index (χ3n) is 3.65. The molecule has 11 heteroatoms. The smallest absolute Gasteiger partial charge is 0.478 e. The Morgan fingerprint density at radius 3 is 2.77 bits per heavy atom. The lowest BCUT2D eigenvalue weighted by Gasteiger charge is -2.14. The number of ether oxygens (including phenoxy) is 1. The topological polar surface area (TPSA) is 116 Å². The lowest BCUT2D eigenvalue weighted by molar-refractivity contribution is -0.274. The number of anilines is 1. The normalized spacial score (nSPS) is 11.7. The minimum atomic E-state index is -4.99. The molecule has 3 N–H and O–H groups in total. The summed E-state index contributed by atoms with van der Waals surface area (Å²) in [4.78, 5) is 19.4. The molecule has 0 aliphatic rings. The van der Waals surface area contributed by atoms with Gasteiger partial charge in [-0.1, -0.05) is 6.07 Å². The van der Waals surface area contributed by atoms with Crippen molar-refractivity contribution in [1.29, 1.82) is 0 Å². The largest absolute Gasteiger partial charge is 0.573 e. The van der Waals surface area contributed by atoms with Crippen LogP contribution in [0.25, 0.3) is 5.78 Å². The number of carbonyl (C=O) groups is 1. The van der Waals surface area contributed by atoms with E-state index < -0.39 is 23.6 Å². The number of aryl methyl sites for hydroxylation is 1. The van der Waals surface area contributed by atoms with Gasteiger partial charge in [0.2, 0.25) is 0 Å². The predicted molar refractivity (Wildman–Crippen MR) is 82.8 cm³/mol. The zero-order valence-corrected chi connectivity index (χ0v) is 13.3. The van der Waals surface area contributed by atoms with Crippen LogP contribution in [0.4, 0.5) is 19.0 Å². The van der Waals surface area contributed by atoms with E-state index in [1.54, 1.807) is 6.92 Å². The molecule has 8 nitrogen and oxygen atoms in total. The van der Waals surface area contributed by atoms with Gasteiger partial charge in [-0.05, 0) is 24.6 Å². The monoisotopic (exact) mass is 367 g/mol. The van der Waals surface area contributed by atoms with E-state index in [4.69, 9.17) is 10.8 Å². The van der Waals surface area contributed by atoms with Gasteiger partial charge in [0.05, 0.1) is 0 Å². The molecule has 0 spiro atoms. The molecule has 0 saturated heterocycles. The first kappa shape index (κ1) is 17.5. The molecule has 0 radical (unpaired) electrons. The molecule has 2 heterocycles. The van der Waals surface area contributed by atoms with E-state index in [-0.39, 0.29) is 12.2 Å². The Bertz CT molecular complexity index is 1000. The van der Waals surface area contributed by atoms with E-state index in [9.17, 15) is 18.0 Å². The Morgan fingerprint density at radius 2 is 2.12 bits per heavy atom. The number of aromatic nitrogens is 4. The van der Waals surface area contributed by atoms with Crippen LogP contribution in [-0.4, -0.2) is 37.0 Å². The molecule has 136 valence electrons. The quantitative estimate of drug-likeness (QED) is 0.726. The molecular weight excluding hydrogens is 355 g/mol. The number of nitrogen functional groups attached to an aromatic ring is 1. The van der Waals surface area contributed by atoms with Crippen LogP contribution in [0.15, 0.2) is 24.5 Å². The number of carboxylic acids is 1. The van der Waals surface area contributed by atoms with Crippen LogP contribution in [0, 0.1) is 6.92 Å². The highest BCUT2D eigenvalue weighted by Crippen LogP contribution is 2.29. The van der Waals surface area contributed by atoms with Crippen LogP contribution >= 0.6 is 0 Å². The number of nitrogens with zero attached hydrogens (tertiary/aromatic N) is 4. The number of carboxylic acid groups (broad SMARTS) is 1. The molecule has 1 aromatic carbocycles. The first-order valence-electron chi connectivity index (χ1n) is 7.22. The second-order valence-electron chi connectivity index (χ2n) is 5.39. The lowest BCUT2D eigenvalue weighted by atomic mass is 10.0. The van der Waals surface area contributed by atoms with E-state index >= 15 is 0 Å².